The Hall–Kier alpha value is -0.120. The molecule has 3 heteroatoms. The summed E-state index contributed by atoms with van der Waals surface area (Å²) in [5, 5.41) is 3.67. The Balaban J connectivity index is 2.02. The van der Waals surface area contributed by atoms with Crippen molar-refractivity contribution in [2.24, 2.45) is 5.41 Å². The van der Waals surface area contributed by atoms with Gasteiger partial charge >= 0.3 is 0 Å². The minimum absolute atomic E-state index is 0.546. The molecule has 1 heterocycles. The molecular formula is C18H37N3. The molecule has 1 saturated carbocycles. The topological polar surface area (TPSA) is 18.5 Å². The Morgan fingerprint density at radius 2 is 1.81 bits per heavy atom. The summed E-state index contributed by atoms with van der Waals surface area (Å²) in [4.78, 5) is 5.37. The molecule has 3 nitrogen and oxygen atoms in total. The third kappa shape index (κ3) is 4.94. The molecule has 0 aromatic carbocycles. The first kappa shape index (κ1) is 17.2. The SMILES string of the molecule is CCNCC1(CN2CCCN(C)CC2CC)CCCCC1. The van der Waals surface area contributed by atoms with E-state index in [1.54, 1.807) is 0 Å². The molecule has 0 radical (unpaired) electrons. The van der Waals surface area contributed by atoms with Crippen LogP contribution in [0.4, 0.5) is 0 Å². The summed E-state index contributed by atoms with van der Waals surface area (Å²) in [5.74, 6) is 0. The predicted molar refractivity (Wildman–Crippen MR) is 91.8 cm³/mol. The third-order valence-electron chi connectivity index (χ3n) is 5.70. The summed E-state index contributed by atoms with van der Waals surface area (Å²) in [7, 11) is 2.29. The van der Waals surface area contributed by atoms with Crippen LogP contribution in [0, 0.1) is 5.41 Å². The zero-order chi connectivity index (χ0) is 15.1. The lowest BCUT2D eigenvalue weighted by Crippen LogP contribution is -2.50. The van der Waals surface area contributed by atoms with Crippen molar-refractivity contribution in [3.63, 3.8) is 0 Å². The molecule has 1 atom stereocenters. The van der Waals surface area contributed by atoms with Crippen molar-refractivity contribution >= 4 is 0 Å². The van der Waals surface area contributed by atoms with Gasteiger partial charge in [-0.05, 0) is 57.8 Å². The highest BCUT2D eigenvalue weighted by molar-refractivity contribution is 4.90. The summed E-state index contributed by atoms with van der Waals surface area (Å²) >= 11 is 0. The lowest BCUT2D eigenvalue weighted by Gasteiger charge is -2.43. The molecule has 0 bridgehead atoms. The van der Waals surface area contributed by atoms with Gasteiger partial charge in [-0.3, -0.25) is 4.90 Å². The van der Waals surface area contributed by atoms with Gasteiger partial charge in [0.25, 0.3) is 0 Å². The number of nitrogens with zero attached hydrogens (tertiary/aromatic N) is 2. The summed E-state index contributed by atoms with van der Waals surface area (Å²) in [6.45, 7) is 12.1. The van der Waals surface area contributed by atoms with Gasteiger partial charge in [0.1, 0.15) is 0 Å². The van der Waals surface area contributed by atoms with Crippen LogP contribution in [0.2, 0.25) is 0 Å². The smallest absolute Gasteiger partial charge is 0.0220 e. The van der Waals surface area contributed by atoms with Crippen LogP contribution in [-0.4, -0.2) is 62.2 Å². The van der Waals surface area contributed by atoms with Gasteiger partial charge in [-0.15, -0.1) is 0 Å². The molecule has 0 amide bonds. The van der Waals surface area contributed by atoms with Crippen molar-refractivity contribution in [3.05, 3.63) is 0 Å². The van der Waals surface area contributed by atoms with Gasteiger partial charge in [-0.1, -0.05) is 33.1 Å². The van der Waals surface area contributed by atoms with Crippen molar-refractivity contribution in [3.8, 4) is 0 Å². The van der Waals surface area contributed by atoms with Gasteiger partial charge in [-0.25, -0.2) is 0 Å². The maximum atomic E-state index is 3.67. The van der Waals surface area contributed by atoms with E-state index in [4.69, 9.17) is 0 Å². The number of hydrogen-bond donors (Lipinski definition) is 1. The van der Waals surface area contributed by atoms with Crippen molar-refractivity contribution in [2.75, 3.05) is 46.3 Å². The lowest BCUT2D eigenvalue weighted by molar-refractivity contribution is 0.0736. The third-order valence-corrected chi connectivity index (χ3v) is 5.70. The van der Waals surface area contributed by atoms with E-state index >= 15 is 0 Å². The Kier molecular flexibility index (Phi) is 6.97. The van der Waals surface area contributed by atoms with Crippen LogP contribution in [0.3, 0.4) is 0 Å². The first-order chi connectivity index (χ1) is 10.2. The highest BCUT2D eigenvalue weighted by Gasteiger charge is 2.35. The van der Waals surface area contributed by atoms with E-state index in [2.05, 4.69) is 36.0 Å². The van der Waals surface area contributed by atoms with Crippen LogP contribution >= 0.6 is 0 Å². The van der Waals surface area contributed by atoms with Crippen molar-refractivity contribution in [2.45, 2.75) is 64.8 Å². The first-order valence-electron chi connectivity index (χ1n) is 9.32. The molecule has 1 aliphatic carbocycles. The quantitative estimate of drug-likeness (QED) is 0.813. The number of nitrogens with one attached hydrogen (secondary N) is 1. The van der Waals surface area contributed by atoms with Gasteiger partial charge in [0, 0.05) is 25.7 Å². The van der Waals surface area contributed by atoms with E-state index in [1.165, 1.54) is 77.7 Å². The van der Waals surface area contributed by atoms with E-state index in [1.807, 2.05) is 0 Å². The zero-order valence-corrected chi connectivity index (χ0v) is 14.7. The van der Waals surface area contributed by atoms with Gasteiger partial charge < -0.3 is 10.2 Å². The van der Waals surface area contributed by atoms with Gasteiger partial charge in [0.15, 0.2) is 0 Å². The standard InChI is InChI=1S/C18H37N3/c1-4-17-14-20(3)12-9-13-21(17)16-18(15-19-5-2)10-7-6-8-11-18/h17,19H,4-16H2,1-3H3. The average molecular weight is 296 g/mol. The second-order valence-corrected chi connectivity index (χ2v) is 7.49. The largest absolute Gasteiger partial charge is 0.316 e. The molecule has 1 saturated heterocycles. The summed E-state index contributed by atoms with van der Waals surface area (Å²) in [6.07, 6.45) is 9.83. The van der Waals surface area contributed by atoms with Crippen LogP contribution in [0.5, 0.6) is 0 Å². The van der Waals surface area contributed by atoms with E-state index in [0.717, 1.165) is 12.6 Å². The Morgan fingerprint density at radius 3 is 2.48 bits per heavy atom. The highest BCUT2D eigenvalue weighted by Crippen LogP contribution is 2.37. The minimum Gasteiger partial charge on any atom is -0.316 e. The lowest BCUT2D eigenvalue weighted by atomic mass is 9.73. The average Bonchev–Trinajstić information content (AvgIpc) is 2.67. The molecule has 1 unspecified atom stereocenters. The summed E-state index contributed by atoms with van der Waals surface area (Å²) in [6, 6.07) is 0.762. The van der Waals surface area contributed by atoms with Crippen molar-refractivity contribution < 1.29 is 0 Å². The Morgan fingerprint density at radius 1 is 1.05 bits per heavy atom. The van der Waals surface area contributed by atoms with Gasteiger partial charge in [0.2, 0.25) is 0 Å². The predicted octanol–water partition coefficient (Wildman–Crippen LogP) is 2.96. The van der Waals surface area contributed by atoms with E-state index in [-0.39, 0.29) is 0 Å². The molecule has 1 N–H and O–H groups in total. The molecule has 2 fully saturated rings. The molecule has 2 aliphatic rings. The summed E-state index contributed by atoms with van der Waals surface area (Å²) in [5.41, 5.74) is 0.546. The number of rotatable bonds is 6. The van der Waals surface area contributed by atoms with Crippen molar-refractivity contribution in [1.29, 1.82) is 0 Å². The van der Waals surface area contributed by atoms with Crippen LogP contribution in [-0.2, 0) is 0 Å². The second kappa shape index (κ2) is 8.50. The molecule has 0 spiro atoms. The fourth-order valence-electron chi connectivity index (χ4n) is 4.40. The van der Waals surface area contributed by atoms with Crippen LogP contribution in [0.1, 0.15) is 58.8 Å². The first-order valence-corrected chi connectivity index (χ1v) is 9.32. The molecular weight excluding hydrogens is 258 g/mol. The van der Waals surface area contributed by atoms with Crippen molar-refractivity contribution in [1.82, 2.24) is 15.1 Å². The molecule has 0 aromatic rings. The van der Waals surface area contributed by atoms with Crippen LogP contribution < -0.4 is 5.32 Å². The molecule has 124 valence electrons. The number of hydrogen-bond acceptors (Lipinski definition) is 3. The normalized spacial score (nSPS) is 28.4. The van der Waals surface area contributed by atoms with Crippen LogP contribution in [0.15, 0.2) is 0 Å². The fourth-order valence-corrected chi connectivity index (χ4v) is 4.40. The molecule has 1 aliphatic heterocycles. The van der Waals surface area contributed by atoms with Gasteiger partial charge in [-0.2, -0.15) is 0 Å². The maximum Gasteiger partial charge on any atom is 0.0220 e. The summed E-state index contributed by atoms with van der Waals surface area (Å²) < 4.78 is 0. The number of likely N-dealkylation sites (N-methyl/N-ethyl adjacent to an activating group) is 1. The van der Waals surface area contributed by atoms with E-state index in [9.17, 15) is 0 Å². The zero-order valence-electron chi connectivity index (χ0n) is 14.7. The molecule has 2 rings (SSSR count). The Bertz CT molecular complexity index is 286. The fraction of sp³-hybridized carbons (Fsp3) is 1.00. The minimum atomic E-state index is 0.546. The maximum absolute atomic E-state index is 3.67. The van der Waals surface area contributed by atoms with E-state index in [0.29, 0.717) is 5.41 Å². The molecule has 21 heavy (non-hydrogen) atoms. The molecule has 0 aromatic heterocycles. The second-order valence-electron chi connectivity index (χ2n) is 7.49. The van der Waals surface area contributed by atoms with E-state index < -0.39 is 0 Å². The highest BCUT2D eigenvalue weighted by atomic mass is 15.2. The Labute approximate surface area is 132 Å². The van der Waals surface area contributed by atoms with Gasteiger partial charge in [0.05, 0.1) is 0 Å². The monoisotopic (exact) mass is 295 g/mol. The van der Waals surface area contributed by atoms with Crippen LogP contribution in [0.25, 0.3) is 0 Å².